The molecule has 0 aliphatic carbocycles. The van der Waals surface area contributed by atoms with Crippen LogP contribution in [0.2, 0.25) is 0 Å². The van der Waals surface area contributed by atoms with Crippen LogP contribution in [0, 0.1) is 12.7 Å². The molecule has 5 rings (SSSR count). The number of fused-ring (bicyclic) bond motifs is 1. The number of benzene rings is 2. The van der Waals surface area contributed by atoms with Crippen molar-refractivity contribution in [3.05, 3.63) is 71.1 Å². The zero-order valence-electron chi connectivity index (χ0n) is 19.6. The third-order valence-electron chi connectivity index (χ3n) is 6.77. The average molecular weight is 498 g/mol. The van der Waals surface area contributed by atoms with E-state index < -0.39 is 15.8 Å². The summed E-state index contributed by atoms with van der Waals surface area (Å²) in [4.78, 5) is 15.2. The topological polar surface area (TPSA) is 97.2 Å². The number of hydrogen-bond acceptors (Lipinski definition) is 5. The summed E-state index contributed by atoms with van der Waals surface area (Å²) in [6.45, 7) is 3.04. The lowest BCUT2D eigenvalue weighted by atomic mass is 10.1. The molecule has 2 aliphatic heterocycles. The second kappa shape index (κ2) is 9.41. The first-order chi connectivity index (χ1) is 16.8. The molecular formula is C25H28FN5O3S. The van der Waals surface area contributed by atoms with Gasteiger partial charge in [0.15, 0.2) is 5.82 Å². The van der Waals surface area contributed by atoms with E-state index in [1.54, 1.807) is 24.3 Å². The number of sulfonamides is 1. The smallest absolute Gasteiger partial charge is 0.261 e. The van der Waals surface area contributed by atoms with Crippen LogP contribution >= 0.6 is 0 Å². The zero-order valence-corrected chi connectivity index (χ0v) is 20.4. The number of aromatic nitrogens is 3. The monoisotopic (exact) mass is 497 g/mol. The van der Waals surface area contributed by atoms with E-state index in [2.05, 4.69) is 19.5 Å². The molecule has 1 aromatic heterocycles. The second-order valence-corrected chi connectivity index (χ2v) is 10.9. The number of carbonyl (C=O) groups is 1. The standard InChI is InChI=1S/C25H28FN5O3S/c1-17-16-20(12-13-21(17)26)35(33,34)29-19-10-8-18(9-11-19)25(32)30-15-5-6-22(30)24-28-27-23-7-3-2-4-14-31(23)24/h8-13,16,22,29H,2-7,14-15H2,1H3. The summed E-state index contributed by atoms with van der Waals surface area (Å²) in [5.74, 6) is 1.30. The van der Waals surface area contributed by atoms with E-state index in [1.807, 2.05) is 4.90 Å². The van der Waals surface area contributed by atoms with E-state index in [4.69, 9.17) is 0 Å². The fourth-order valence-electron chi connectivity index (χ4n) is 4.88. The molecule has 1 amide bonds. The van der Waals surface area contributed by atoms with Gasteiger partial charge in [-0.1, -0.05) is 6.42 Å². The number of nitrogens with one attached hydrogen (secondary N) is 1. The summed E-state index contributed by atoms with van der Waals surface area (Å²) in [6.07, 6.45) is 6.04. The molecule has 35 heavy (non-hydrogen) atoms. The number of halogens is 1. The minimum atomic E-state index is -3.88. The van der Waals surface area contributed by atoms with E-state index in [9.17, 15) is 17.6 Å². The normalized spacial score (nSPS) is 18.2. The van der Waals surface area contributed by atoms with Crippen molar-refractivity contribution in [3.8, 4) is 0 Å². The molecule has 1 fully saturated rings. The number of anilines is 1. The number of likely N-dealkylation sites (tertiary alicyclic amines) is 1. The predicted octanol–water partition coefficient (Wildman–Crippen LogP) is 4.23. The maximum atomic E-state index is 13.5. The Morgan fingerprint density at radius 1 is 1.03 bits per heavy atom. The van der Waals surface area contributed by atoms with Crippen molar-refractivity contribution in [2.45, 2.75) is 62.9 Å². The van der Waals surface area contributed by atoms with Gasteiger partial charge in [0.05, 0.1) is 10.9 Å². The third kappa shape index (κ3) is 4.67. The van der Waals surface area contributed by atoms with Crippen molar-refractivity contribution in [3.63, 3.8) is 0 Å². The van der Waals surface area contributed by atoms with Gasteiger partial charge in [-0.25, -0.2) is 12.8 Å². The first-order valence-corrected chi connectivity index (χ1v) is 13.4. The fourth-order valence-corrected chi connectivity index (χ4v) is 6.02. The number of amides is 1. The highest BCUT2D eigenvalue weighted by Crippen LogP contribution is 2.33. The first-order valence-electron chi connectivity index (χ1n) is 12.0. The molecule has 0 spiro atoms. The first kappa shape index (κ1) is 23.5. The van der Waals surface area contributed by atoms with Crippen molar-refractivity contribution in [2.24, 2.45) is 0 Å². The Morgan fingerprint density at radius 3 is 2.60 bits per heavy atom. The third-order valence-corrected chi connectivity index (χ3v) is 8.15. The summed E-state index contributed by atoms with van der Waals surface area (Å²) in [7, 11) is -3.88. The van der Waals surface area contributed by atoms with E-state index >= 15 is 0 Å². The number of hydrogen-bond donors (Lipinski definition) is 1. The van der Waals surface area contributed by atoms with Gasteiger partial charge in [0.25, 0.3) is 15.9 Å². The number of carbonyl (C=O) groups excluding carboxylic acids is 1. The molecule has 184 valence electrons. The van der Waals surface area contributed by atoms with Gasteiger partial charge in [-0.3, -0.25) is 9.52 Å². The lowest BCUT2D eigenvalue weighted by Crippen LogP contribution is -2.32. The quantitative estimate of drug-likeness (QED) is 0.569. The van der Waals surface area contributed by atoms with Gasteiger partial charge in [0, 0.05) is 30.8 Å². The van der Waals surface area contributed by atoms with Gasteiger partial charge in [-0.05, 0) is 80.6 Å². The van der Waals surface area contributed by atoms with E-state index in [-0.39, 0.29) is 22.4 Å². The van der Waals surface area contributed by atoms with Crippen LogP contribution in [-0.4, -0.2) is 40.5 Å². The summed E-state index contributed by atoms with van der Waals surface area (Å²) < 4.78 is 43.6. The van der Waals surface area contributed by atoms with Crippen molar-refractivity contribution in [1.29, 1.82) is 0 Å². The number of nitrogens with zero attached hydrogens (tertiary/aromatic N) is 4. The number of aryl methyl sites for hydroxylation is 2. The lowest BCUT2D eigenvalue weighted by Gasteiger charge is -2.25. The largest absolute Gasteiger partial charge is 0.328 e. The number of rotatable bonds is 5. The van der Waals surface area contributed by atoms with Gasteiger partial charge >= 0.3 is 0 Å². The van der Waals surface area contributed by atoms with E-state index in [0.29, 0.717) is 17.8 Å². The Balaban J connectivity index is 1.32. The fraction of sp³-hybridized carbons (Fsp3) is 0.400. The molecule has 2 aliphatic rings. The SMILES string of the molecule is Cc1cc(S(=O)(=O)Nc2ccc(C(=O)N3CCCC3c3nnc4n3CCCCC4)cc2)ccc1F. The van der Waals surface area contributed by atoms with Crippen LogP contribution in [0.15, 0.2) is 47.4 Å². The predicted molar refractivity (Wildman–Crippen MR) is 129 cm³/mol. The van der Waals surface area contributed by atoms with Gasteiger partial charge in [0.1, 0.15) is 11.6 Å². The molecule has 1 N–H and O–H groups in total. The van der Waals surface area contributed by atoms with Crippen LogP contribution in [0.3, 0.4) is 0 Å². The highest BCUT2D eigenvalue weighted by Gasteiger charge is 2.35. The molecular weight excluding hydrogens is 469 g/mol. The Morgan fingerprint density at radius 2 is 1.83 bits per heavy atom. The average Bonchev–Trinajstić information content (AvgIpc) is 3.41. The summed E-state index contributed by atoms with van der Waals surface area (Å²) in [6, 6.07) is 9.90. The maximum absolute atomic E-state index is 13.5. The van der Waals surface area contributed by atoms with Crippen molar-refractivity contribution in [2.75, 3.05) is 11.3 Å². The molecule has 3 aromatic rings. The molecule has 10 heteroatoms. The summed E-state index contributed by atoms with van der Waals surface area (Å²) >= 11 is 0. The minimum Gasteiger partial charge on any atom is -0.328 e. The lowest BCUT2D eigenvalue weighted by molar-refractivity contribution is 0.0727. The van der Waals surface area contributed by atoms with Crippen LogP contribution in [0.1, 0.15) is 65.7 Å². The molecule has 0 radical (unpaired) electrons. The van der Waals surface area contributed by atoms with Gasteiger partial charge in [-0.15, -0.1) is 10.2 Å². The molecule has 1 atom stereocenters. The second-order valence-electron chi connectivity index (χ2n) is 9.19. The molecule has 3 heterocycles. The van der Waals surface area contributed by atoms with Gasteiger partial charge in [-0.2, -0.15) is 0 Å². The Hall–Kier alpha value is -3.27. The van der Waals surface area contributed by atoms with Crippen LogP contribution < -0.4 is 4.72 Å². The molecule has 0 bridgehead atoms. The minimum absolute atomic E-state index is 0.0242. The maximum Gasteiger partial charge on any atom is 0.261 e. The van der Waals surface area contributed by atoms with Crippen molar-refractivity contribution >= 4 is 21.6 Å². The zero-order chi connectivity index (χ0) is 24.6. The molecule has 8 nitrogen and oxygen atoms in total. The Labute approximate surface area is 204 Å². The Kier molecular flexibility index (Phi) is 6.31. The highest BCUT2D eigenvalue weighted by atomic mass is 32.2. The molecule has 1 saturated heterocycles. The van der Waals surface area contributed by atoms with E-state index in [0.717, 1.165) is 56.4 Å². The Bertz CT molecular complexity index is 1350. The van der Waals surface area contributed by atoms with Crippen LogP contribution in [0.25, 0.3) is 0 Å². The van der Waals surface area contributed by atoms with E-state index in [1.165, 1.54) is 25.5 Å². The molecule has 2 aromatic carbocycles. The molecule has 0 saturated carbocycles. The summed E-state index contributed by atoms with van der Waals surface area (Å²) in [5, 5.41) is 8.86. The molecule has 1 unspecified atom stereocenters. The summed E-state index contributed by atoms with van der Waals surface area (Å²) in [5.41, 5.74) is 1.05. The van der Waals surface area contributed by atoms with Crippen LogP contribution in [0.5, 0.6) is 0 Å². The highest BCUT2D eigenvalue weighted by molar-refractivity contribution is 7.92. The van der Waals surface area contributed by atoms with Gasteiger partial charge < -0.3 is 9.47 Å². The van der Waals surface area contributed by atoms with Crippen LogP contribution in [0.4, 0.5) is 10.1 Å². The van der Waals surface area contributed by atoms with Crippen molar-refractivity contribution in [1.82, 2.24) is 19.7 Å². The van der Waals surface area contributed by atoms with Crippen LogP contribution in [-0.2, 0) is 23.0 Å². The van der Waals surface area contributed by atoms with Crippen molar-refractivity contribution < 1.29 is 17.6 Å². The van der Waals surface area contributed by atoms with Gasteiger partial charge in [0.2, 0.25) is 0 Å².